The second kappa shape index (κ2) is 6.81. The highest BCUT2D eigenvalue weighted by molar-refractivity contribution is 6.05. The fraction of sp³-hybridized carbons (Fsp3) is 0.556. The Hall–Kier alpha value is -2.08. The summed E-state index contributed by atoms with van der Waals surface area (Å²) in [6.07, 6.45) is 5.43. The Balaban J connectivity index is 1.87. The van der Waals surface area contributed by atoms with Crippen LogP contribution in [-0.2, 0) is 6.54 Å². The van der Waals surface area contributed by atoms with Gasteiger partial charge in [0.25, 0.3) is 0 Å². The Morgan fingerprint density at radius 3 is 2.42 bits per heavy atom. The van der Waals surface area contributed by atoms with Gasteiger partial charge in [0.1, 0.15) is 5.66 Å². The van der Waals surface area contributed by atoms with Crippen LogP contribution in [0.1, 0.15) is 51.5 Å². The van der Waals surface area contributed by atoms with Gasteiger partial charge in [0.05, 0.1) is 0 Å². The highest BCUT2D eigenvalue weighted by atomic mass is 15.4. The monoisotopic (exact) mass is 328 g/mol. The van der Waals surface area contributed by atoms with Crippen molar-refractivity contribution in [3.8, 4) is 0 Å². The van der Waals surface area contributed by atoms with Gasteiger partial charge in [-0.25, -0.2) is 4.99 Å². The number of nitrogens with one attached hydrogen (secondary N) is 1. The van der Waals surface area contributed by atoms with Gasteiger partial charge in [-0.15, -0.1) is 0 Å². The predicted octanol–water partition coefficient (Wildman–Crippen LogP) is 2.29. The molecule has 2 aliphatic rings. The van der Waals surface area contributed by atoms with Crippen LogP contribution in [0.2, 0.25) is 0 Å². The third-order valence-corrected chi connectivity index (χ3v) is 4.76. The van der Waals surface area contributed by atoms with E-state index >= 15 is 0 Å². The number of aliphatic imine (C=N–C) groups is 2. The van der Waals surface area contributed by atoms with Gasteiger partial charge in [0.2, 0.25) is 11.9 Å². The van der Waals surface area contributed by atoms with E-state index in [1.165, 1.54) is 12.0 Å². The summed E-state index contributed by atoms with van der Waals surface area (Å²) in [4.78, 5) is 11.0. The Kier molecular flexibility index (Phi) is 4.76. The van der Waals surface area contributed by atoms with E-state index < -0.39 is 0 Å². The molecule has 0 aromatic heterocycles. The van der Waals surface area contributed by atoms with E-state index in [9.17, 15) is 0 Å². The topological polar surface area (TPSA) is 92.0 Å². The summed E-state index contributed by atoms with van der Waals surface area (Å²) in [6.45, 7) is 5.15. The Morgan fingerprint density at radius 2 is 1.79 bits per heavy atom. The molecule has 0 bridgehead atoms. The number of benzene rings is 1. The number of hydrogen-bond acceptors (Lipinski definition) is 6. The molecule has 0 atom stereocenters. The molecule has 6 heteroatoms. The summed E-state index contributed by atoms with van der Waals surface area (Å²) in [6, 6.07) is 8.95. The lowest BCUT2D eigenvalue weighted by Gasteiger charge is -2.45. The molecule has 1 saturated carbocycles. The molecule has 130 valence electrons. The zero-order valence-corrected chi connectivity index (χ0v) is 14.6. The standard InChI is InChI=1S/C18H28N6/c1-13(2)21-12-14-6-8-15(9-7-14)24-17(20)22-16(19)23-18(24)10-4-3-5-11-18/h6-9,13,21H,3-5,10-12H2,1-2H3,(H4,19,20,22,23). The maximum Gasteiger partial charge on any atom is 0.220 e. The minimum absolute atomic E-state index is 0.295. The molecule has 5 N–H and O–H groups in total. The van der Waals surface area contributed by atoms with Crippen molar-refractivity contribution in [2.45, 2.75) is 64.2 Å². The molecule has 1 heterocycles. The number of nitrogens with zero attached hydrogens (tertiary/aromatic N) is 3. The average molecular weight is 328 g/mol. The summed E-state index contributed by atoms with van der Waals surface area (Å²) in [5, 5.41) is 3.43. The molecule has 1 aromatic rings. The average Bonchev–Trinajstić information content (AvgIpc) is 2.54. The van der Waals surface area contributed by atoms with Crippen molar-refractivity contribution in [3.05, 3.63) is 29.8 Å². The minimum Gasteiger partial charge on any atom is -0.369 e. The first kappa shape index (κ1) is 16.8. The van der Waals surface area contributed by atoms with Crippen molar-refractivity contribution in [2.24, 2.45) is 21.5 Å². The predicted molar refractivity (Wildman–Crippen MR) is 100.0 cm³/mol. The lowest BCUT2D eigenvalue weighted by molar-refractivity contribution is 0.305. The molecule has 1 aromatic carbocycles. The SMILES string of the molecule is CC(C)NCc1ccc(N2C(N)=NC(N)=NC23CCCCC3)cc1. The zero-order valence-electron chi connectivity index (χ0n) is 14.6. The van der Waals surface area contributed by atoms with Crippen LogP contribution in [0.5, 0.6) is 0 Å². The van der Waals surface area contributed by atoms with Crippen LogP contribution in [0, 0.1) is 0 Å². The second-order valence-electron chi connectivity index (χ2n) is 7.02. The van der Waals surface area contributed by atoms with Crippen LogP contribution in [0.3, 0.4) is 0 Å². The first-order valence-electron chi connectivity index (χ1n) is 8.82. The minimum atomic E-state index is -0.369. The maximum atomic E-state index is 6.25. The van der Waals surface area contributed by atoms with E-state index in [-0.39, 0.29) is 5.66 Å². The number of hydrogen-bond donors (Lipinski definition) is 3. The van der Waals surface area contributed by atoms with Crippen LogP contribution in [0.25, 0.3) is 0 Å². The third kappa shape index (κ3) is 3.38. The van der Waals surface area contributed by atoms with Gasteiger partial charge in [-0.1, -0.05) is 32.4 Å². The second-order valence-corrected chi connectivity index (χ2v) is 7.02. The first-order chi connectivity index (χ1) is 11.5. The van der Waals surface area contributed by atoms with Crippen molar-refractivity contribution in [1.29, 1.82) is 0 Å². The Morgan fingerprint density at radius 1 is 1.12 bits per heavy atom. The molecule has 0 amide bonds. The molecule has 1 aliphatic heterocycles. The van der Waals surface area contributed by atoms with Crippen LogP contribution in [0.15, 0.2) is 34.3 Å². The van der Waals surface area contributed by atoms with Gasteiger partial charge in [-0.3, -0.25) is 4.90 Å². The van der Waals surface area contributed by atoms with E-state index in [1.54, 1.807) is 0 Å². The summed E-state index contributed by atoms with van der Waals surface area (Å²) < 4.78 is 0. The maximum absolute atomic E-state index is 6.25. The number of guanidine groups is 2. The van der Waals surface area contributed by atoms with Crippen LogP contribution in [0.4, 0.5) is 5.69 Å². The molecule has 1 spiro atoms. The molecule has 3 rings (SSSR count). The van der Waals surface area contributed by atoms with Crippen molar-refractivity contribution in [2.75, 3.05) is 4.90 Å². The van der Waals surface area contributed by atoms with Crippen LogP contribution < -0.4 is 21.7 Å². The lowest BCUT2D eigenvalue weighted by Crippen LogP contribution is -2.58. The Labute approximate surface area is 144 Å². The van der Waals surface area contributed by atoms with Gasteiger partial charge in [-0.2, -0.15) is 4.99 Å². The molecule has 1 fully saturated rings. The van der Waals surface area contributed by atoms with Crippen molar-refractivity contribution < 1.29 is 0 Å². The highest BCUT2D eigenvalue weighted by Crippen LogP contribution is 2.39. The fourth-order valence-corrected chi connectivity index (χ4v) is 3.58. The molecule has 0 saturated heterocycles. The van der Waals surface area contributed by atoms with E-state index in [0.29, 0.717) is 18.0 Å². The summed E-state index contributed by atoms with van der Waals surface area (Å²) >= 11 is 0. The fourth-order valence-electron chi connectivity index (χ4n) is 3.58. The molecule has 0 radical (unpaired) electrons. The summed E-state index contributed by atoms with van der Waals surface area (Å²) in [5.41, 5.74) is 14.1. The zero-order chi connectivity index (χ0) is 17.2. The first-order valence-corrected chi connectivity index (χ1v) is 8.82. The van der Waals surface area contributed by atoms with Crippen LogP contribution in [-0.4, -0.2) is 23.6 Å². The number of nitrogens with two attached hydrogens (primary N) is 2. The van der Waals surface area contributed by atoms with Crippen molar-refractivity contribution in [1.82, 2.24) is 5.32 Å². The molecular weight excluding hydrogens is 300 g/mol. The summed E-state index contributed by atoms with van der Waals surface area (Å²) in [5.74, 6) is 0.737. The van der Waals surface area contributed by atoms with Gasteiger partial charge in [0.15, 0.2) is 0 Å². The van der Waals surface area contributed by atoms with Crippen molar-refractivity contribution >= 4 is 17.6 Å². The summed E-state index contributed by atoms with van der Waals surface area (Å²) in [7, 11) is 0. The van der Waals surface area contributed by atoms with Crippen molar-refractivity contribution in [3.63, 3.8) is 0 Å². The van der Waals surface area contributed by atoms with Gasteiger partial charge < -0.3 is 16.8 Å². The molecule has 1 aliphatic carbocycles. The smallest absolute Gasteiger partial charge is 0.220 e. The van der Waals surface area contributed by atoms with E-state index in [4.69, 9.17) is 16.5 Å². The van der Waals surface area contributed by atoms with Gasteiger partial charge >= 0.3 is 0 Å². The van der Waals surface area contributed by atoms with Gasteiger partial charge in [0, 0.05) is 18.3 Å². The quantitative estimate of drug-likeness (QED) is 0.791. The number of anilines is 1. The molecule has 0 unspecified atom stereocenters. The normalized spacial score (nSPS) is 20.2. The van der Waals surface area contributed by atoms with Gasteiger partial charge in [-0.05, 0) is 43.4 Å². The third-order valence-electron chi connectivity index (χ3n) is 4.76. The van der Waals surface area contributed by atoms with E-state index in [0.717, 1.165) is 37.9 Å². The molecule has 24 heavy (non-hydrogen) atoms. The lowest BCUT2D eigenvalue weighted by atomic mass is 9.87. The van der Waals surface area contributed by atoms with E-state index in [1.807, 2.05) is 0 Å². The largest absolute Gasteiger partial charge is 0.369 e. The highest BCUT2D eigenvalue weighted by Gasteiger charge is 2.42. The van der Waals surface area contributed by atoms with E-state index in [2.05, 4.69) is 53.3 Å². The Bertz CT molecular complexity index is 625. The molecule has 6 nitrogen and oxygen atoms in total. The van der Waals surface area contributed by atoms with Crippen LogP contribution >= 0.6 is 0 Å². The molecular formula is C18H28N6. The number of rotatable bonds is 4.